The molecule has 0 saturated heterocycles. The highest BCUT2D eigenvalue weighted by atomic mass is 16.5. The third kappa shape index (κ3) is 2.51. The number of ether oxygens (including phenoxy) is 1. The Morgan fingerprint density at radius 2 is 1.85 bits per heavy atom. The quantitative estimate of drug-likeness (QED) is 0.817. The van der Waals surface area contributed by atoms with Crippen molar-refractivity contribution in [3.63, 3.8) is 0 Å². The predicted molar refractivity (Wildman–Crippen MR) is 99.8 cm³/mol. The lowest BCUT2D eigenvalue weighted by atomic mass is 9.98. The molecule has 6 heteroatoms. The molecule has 2 heterocycles. The number of anilines is 1. The monoisotopic (exact) mass is 363 g/mol. The van der Waals surface area contributed by atoms with Crippen molar-refractivity contribution in [2.24, 2.45) is 0 Å². The Morgan fingerprint density at radius 3 is 2.48 bits per heavy atom. The van der Waals surface area contributed by atoms with Crippen LogP contribution >= 0.6 is 0 Å². The topological polar surface area (TPSA) is 80.3 Å². The molecular weight excluding hydrogens is 342 g/mol. The highest BCUT2D eigenvalue weighted by molar-refractivity contribution is 6.01. The van der Waals surface area contributed by atoms with Crippen molar-refractivity contribution in [3.8, 4) is 0 Å². The maximum absolute atomic E-state index is 13.0. The average Bonchev–Trinajstić information content (AvgIpc) is 3.61. The second kappa shape index (κ2) is 5.55. The summed E-state index contributed by atoms with van der Waals surface area (Å²) in [4.78, 5) is 29.0. The predicted octanol–water partition coefficient (Wildman–Crippen LogP) is 2.74. The Labute approximate surface area is 157 Å². The number of benzene rings is 1. The van der Waals surface area contributed by atoms with E-state index in [0.717, 1.165) is 43.5 Å². The third-order valence-corrected chi connectivity index (χ3v) is 6.18. The van der Waals surface area contributed by atoms with E-state index in [1.165, 1.54) is 12.7 Å². The first-order valence-corrected chi connectivity index (χ1v) is 9.31. The number of hydrogen-bond acceptors (Lipinski definition) is 5. The number of pyridine rings is 1. The van der Waals surface area contributed by atoms with E-state index in [4.69, 9.17) is 4.74 Å². The minimum Gasteiger partial charge on any atom is -0.465 e. The normalized spacial score (nSPS) is 19.7. The fraction of sp³-hybridized carbons (Fsp3) is 0.381. The van der Waals surface area contributed by atoms with Gasteiger partial charge in [0.05, 0.1) is 29.5 Å². The van der Waals surface area contributed by atoms with Gasteiger partial charge >= 0.3 is 5.97 Å². The molecule has 138 valence electrons. The van der Waals surface area contributed by atoms with Gasteiger partial charge in [-0.15, -0.1) is 0 Å². The highest BCUT2D eigenvalue weighted by Crippen LogP contribution is 2.54. The largest absolute Gasteiger partial charge is 0.465 e. The Bertz CT molecular complexity index is 944. The number of nitrogens with one attached hydrogen (secondary N) is 2. The molecule has 6 nitrogen and oxygen atoms in total. The van der Waals surface area contributed by atoms with Gasteiger partial charge < -0.3 is 15.4 Å². The van der Waals surface area contributed by atoms with E-state index >= 15 is 0 Å². The van der Waals surface area contributed by atoms with Crippen LogP contribution in [-0.2, 0) is 15.7 Å². The molecule has 0 radical (unpaired) electrons. The van der Waals surface area contributed by atoms with Crippen LogP contribution in [0.25, 0.3) is 0 Å². The number of hydrogen-bond donors (Lipinski definition) is 2. The zero-order valence-corrected chi connectivity index (χ0v) is 15.2. The van der Waals surface area contributed by atoms with E-state index in [1.54, 1.807) is 18.3 Å². The van der Waals surface area contributed by atoms with Crippen molar-refractivity contribution < 1.29 is 14.3 Å². The lowest BCUT2D eigenvalue weighted by molar-refractivity contribution is 0.0600. The van der Waals surface area contributed by atoms with Crippen LogP contribution in [-0.4, -0.2) is 30.5 Å². The summed E-state index contributed by atoms with van der Waals surface area (Å²) in [6.07, 6.45) is 7.65. The summed E-state index contributed by atoms with van der Waals surface area (Å²) in [5.74, 6) is -0.458. The van der Waals surface area contributed by atoms with E-state index in [2.05, 4.69) is 15.6 Å². The highest BCUT2D eigenvalue weighted by Gasteiger charge is 2.51. The molecule has 1 aromatic carbocycles. The lowest BCUT2D eigenvalue weighted by Gasteiger charge is -2.19. The zero-order chi connectivity index (χ0) is 18.6. The first kappa shape index (κ1) is 16.3. The van der Waals surface area contributed by atoms with E-state index in [1.807, 2.05) is 18.3 Å². The van der Waals surface area contributed by atoms with Crippen LogP contribution in [0.5, 0.6) is 0 Å². The molecule has 2 aliphatic carbocycles. The molecule has 1 aromatic heterocycles. The van der Waals surface area contributed by atoms with Crippen molar-refractivity contribution in [1.29, 1.82) is 0 Å². The van der Waals surface area contributed by atoms with Crippen molar-refractivity contribution in [3.05, 3.63) is 58.9 Å². The first-order valence-electron chi connectivity index (χ1n) is 9.31. The van der Waals surface area contributed by atoms with E-state index in [-0.39, 0.29) is 22.8 Å². The van der Waals surface area contributed by atoms with Crippen LogP contribution in [0.3, 0.4) is 0 Å². The molecule has 0 bridgehead atoms. The van der Waals surface area contributed by atoms with Crippen LogP contribution in [0.15, 0.2) is 36.7 Å². The number of esters is 1. The molecule has 2 aromatic rings. The standard InChI is InChI=1S/C21H21N3O3/c1-27-19(26)13-2-4-14(5-3-13)21(8-9-21)24-18(25)15-10-22-11-16-17(15)23-12-20(16)6-7-20/h2-5,10-11,23H,6-9,12H2,1H3,(H,24,25). The van der Waals surface area contributed by atoms with Gasteiger partial charge in [0.2, 0.25) is 0 Å². The van der Waals surface area contributed by atoms with Crippen LogP contribution < -0.4 is 10.6 Å². The lowest BCUT2D eigenvalue weighted by Crippen LogP contribution is -2.35. The molecule has 2 saturated carbocycles. The van der Waals surface area contributed by atoms with Crippen molar-refractivity contribution in [2.75, 3.05) is 19.0 Å². The van der Waals surface area contributed by atoms with Gasteiger partial charge in [0.25, 0.3) is 5.91 Å². The minimum absolute atomic E-state index is 0.0981. The molecule has 0 atom stereocenters. The van der Waals surface area contributed by atoms with Gasteiger partial charge in [-0.3, -0.25) is 9.78 Å². The second-order valence-electron chi connectivity index (χ2n) is 7.85. The summed E-state index contributed by atoms with van der Waals surface area (Å²) in [6.45, 7) is 0.897. The number of carbonyl (C=O) groups excluding carboxylic acids is 2. The van der Waals surface area contributed by atoms with Crippen molar-refractivity contribution >= 4 is 17.6 Å². The van der Waals surface area contributed by atoms with Gasteiger partial charge in [-0.1, -0.05) is 12.1 Å². The third-order valence-electron chi connectivity index (χ3n) is 6.18. The van der Waals surface area contributed by atoms with Gasteiger partial charge in [-0.25, -0.2) is 4.79 Å². The molecule has 27 heavy (non-hydrogen) atoms. The number of carbonyl (C=O) groups is 2. The van der Waals surface area contributed by atoms with E-state index in [9.17, 15) is 9.59 Å². The Morgan fingerprint density at radius 1 is 1.11 bits per heavy atom. The van der Waals surface area contributed by atoms with Gasteiger partial charge in [0, 0.05) is 29.9 Å². The van der Waals surface area contributed by atoms with Crippen molar-refractivity contribution in [2.45, 2.75) is 36.6 Å². The molecule has 3 aliphatic rings. The van der Waals surface area contributed by atoms with E-state index < -0.39 is 0 Å². The second-order valence-corrected chi connectivity index (χ2v) is 7.85. The number of nitrogens with zero attached hydrogens (tertiary/aromatic N) is 1. The smallest absolute Gasteiger partial charge is 0.337 e. The van der Waals surface area contributed by atoms with Crippen molar-refractivity contribution in [1.82, 2.24) is 10.3 Å². The number of methoxy groups -OCH3 is 1. The number of rotatable bonds is 4. The summed E-state index contributed by atoms with van der Waals surface area (Å²) in [6, 6.07) is 7.27. The van der Waals surface area contributed by atoms with Crippen LogP contribution in [0.1, 0.15) is 57.5 Å². The molecule has 5 rings (SSSR count). The molecule has 1 aliphatic heterocycles. The van der Waals surface area contributed by atoms with Gasteiger partial charge in [0.1, 0.15) is 0 Å². The Kier molecular flexibility index (Phi) is 3.35. The number of aromatic nitrogens is 1. The summed E-state index contributed by atoms with van der Waals surface area (Å²) in [5, 5.41) is 6.63. The van der Waals surface area contributed by atoms with E-state index in [0.29, 0.717) is 11.1 Å². The number of amides is 1. The summed E-state index contributed by atoms with van der Waals surface area (Å²) >= 11 is 0. The number of fused-ring (bicyclic) bond motifs is 2. The maximum Gasteiger partial charge on any atom is 0.337 e. The van der Waals surface area contributed by atoms with Gasteiger partial charge in [-0.2, -0.15) is 0 Å². The molecule has 0 unspecified atom stereocenters. The molecular formula is C21H21N3O3. The van der Waals surface area contributed by atoms with Crippen LogP contribution in [0.2, 0.25) is 0 Å². The summed E-state index contributed by atoms with van der Waals surface area (Å²) in [5.41, 5.74) is 4.11. The zero-order valence-electron chi connectivity index (χ0n) is 15.2. The first-order chi connectivity index (χ1) is 13.1. The summed E-state index contributed by atoms with van der Waals surface area (Å²) in [7, 11) is 1.37. The molecule has 2 fully saturated rings. The minimum atomic E-state index is -0.360. The molecule has 1 amide bonds. The fourth-order valence-electron chi connectivity index (χ4n) is 4.11. The van der Waals surface area contributed by atoms with Gasteiger partial charge in [-0.05, 0) is 43.4 Å². The molecule has 1 spiro atoms. The Balaban J connectivity index is 1.39. The fourth-order valence-corrected chi connectivity index (χ4v) is 4.11. The summed E-state index contributed by atoms with van der Waals surface area (Å²) < 4.78 is 4.74. The Hall–Kier alpha value is -2.89. The average molecular weight is 363 g/mol. The van der Waals surface area contributed by atoms with Crippen LogP contribution in [0, 0.1) is 0 Å². The molecule has 2 N–H and O–H groups in total. The SMILES string of the molecule is COC(=O)c1ccc(C2(NC(=O)c3cncc4c3NCC43CC3)CC2)cc1. The van der Waals surface area contributed by atoms with Crippen LogP contribution in [0.4, 0.5) is 5.69 Å². The maximum atomic E-state index is 13.0. The van der Waals surface area contributed by atoms with Gasteiger partial charge in [0.15, 0.2) is 0 Å².